The summed E-state index contributed by atoms with van der Waals surface area (Å²) in [6, 6.07) is 6.33. The van der Waals surface area contributed by atoms with E-state index in [0.29, 0.717) is 24.1 Å². The van der Waals surface area contributed by atoms with Crippen molar-refractivity contribution in [1.82, 2.24) is 10.6 Å². The molecule has 0 aliphatic heterocycles. The van der Waals surface area contributed by atoms with E-state index in [-0.39, 0.29) is 30.6 Å². The summed E-state index contributed by atoms with van der Waals surface area (Å²) in [7, 11) is 3.39. The molecule has 0 saturated heterocycles. The lowest BCUT2D eigenvalue weighted by molar-refractivity contribution is 0.330. The van der Waals surface area contributed by atoms with Crippen LogP contribution in [0.3, 0.4) is 0 Å². The predicted octanol–water partition coefficient (Wildman–Crippen LogP) is 2.40. The van der Waals surface area contributed by atoms with Gasteiger partial charge >= 0.3 is 0 Å². The van der Waals surface area contributed by atoms with Gasteiger partial charge in [-0.25, -0.2) is 0 Å². The first-order chi connectivity index (χ1) is 10.7. The number of methoxy groups -OCH3 is 1. The molecule has 0 amide bonds. The Balaban J connectivity index is 0.00000264. The third-order valence-corrected chi connectivity index (χ3v) is 3.65. The number of guanidine groups is 1. The zero-order valence-electron chi connectivity index (χ0n) is 13.8. The van der Waals surface area contributed by atoms with E-state index in [2.05, 4.69) is 28.5 Å². The Morgan fingerprint density at radius 3 is 2.74 bits per heavy atom. The molecule has 0 aromatic heterocycles. The van der Waals surface area contributed by atoms with Gasteiger partial charge in [-0.05, 0) is 30.0 Å². The van der Waals surface area contributed by atoms with E-state index in [1.807, 2.05) is 18.2 Å². The van der Waals surface area contributed by atoms with Crippen LogP contribution in [0.5, 0.6) is 11.5 Å². The van der Waals surface area contributed by atoms with Crippen molar-refractivity contribution in [1.29, 1.82) is 0 Å². The molecule has 1 saturated carbocycles. The van der Waals surface area contributed by atoms with Crippen molar-refractivity contribution in [2.24, 2.45) is 10.9 Å². The van der Waals surface area contributed by atoms with Gasteiger partial charge in [0.1, 0.15) is 6.61 Å². The maximum Gasteiger partial charge on any atom is 0.191 e. The van der Waals surface area contributed by atoms with Gasteiger partial charge in [-0.3, -0.25) is 4.99 Å². The van der Waals surface area contributed by atoms with Crippen LogP contribution in [0.25, 0.3) is 0 Å². The number of aliphatic imine (C=N–C) groups is 1. The molecule has 0 spiro atoms. The fourth-order valence-electron chi connectivity index (χ4n) is 2.14. The van der Waals surface area contributed by atoms with Crippen molar-refractivity contribution in [2.45, 2.75) is 25.9 Å². The minimum absolute atomic E-state index is 0. The lowest BCUT2D eigenvalue weighted by Crippen LogP contribution is -2.38. The fourth-order valence-corrected chi connectivity index (χ4v) is 2.14. The largest absolute Gasteiger partial charge is 0.493 e. The molecule has 1 aromatic rings. The molecule has 0 heterocycles. The van der Waals surface area contributed by atoms with E-state index in [1.54, 1.807) is 14.2 Å². The third kappa shape index (κ3) is 5.82. The number of nitrogens with zero attached hydrogens (tertiary/aromatic N) is 1. The highest BCUT2D eigenvalue weighted by Gasteiger charge is 2.33. The van der Waals surface area contributed by atoms with Crippen LogP contribution in [0.15, 0.2) is 23.2 Å². The number of rotatable bonds is 6. The Morgan fingerprint density at radius 1 is 1.43 bits per heavy atom. The summed E-state index contributed by atoms with van der Waals surface area (Å²) in [5.41, 5.74) is 1.07. The smallest absolute Gasteiger partial charge is 0.191 e. The van der Waals surface area contributed by atoms with Crippen molar-refractivity contribution < 1.29 is 9.47 Å². The highest BCUT2D eigenvalue weighted by Crippen LogP contribution is 2.29. The van der Waals surface area contributed by atoms with Crippen molar-refractivity contribution in [2.75, 3.05) is 20.8 Å². The molecular formula is C17H24IN3O2. The predicted molar refractivity (Wildman–Crippen MR) is 104 cm³/mol. The molecule has 1 fully saturated rings. The molecule has 6 heteroatoms. The number of nitrogens with one attached hydrogen (secondary N) is 2. The summed E-state index contributed by atoms with van der Waals surface area (Å²) in [6.45, 7) is 3.09. The molecule has 2 unspecified atom stereocenters. The topological polar surface area (TPSA) is 54.9 Å². The fraction of sp³-hybridized carbons (Fsp3) is 0.471. The van der Waals surface area contributed by atoms with Crippen molar-refractivity contribution >= 4 is 29.9 Å². The van der Waals surface area contributed by atoms with Crippen LogP contribution in [0, 0.1) is 18.3 Å². The Kier molecular flexibility index (Phi) is 8.03. The SMILES string of the molecule is C#CCOc1cc(CNC(=NC)NC2CC2C)ccc1OC.I. The summed E-state index contributed by atoms with van der Waals surface area (Å²) in [5.74, 6) is 5.32. The molecule has 2 rings (SSSR count). The van der Waals surface area contributed by atoms with Crippen LogP contribution in [0.4, 0.5) is 0 Å². The lowest BCUT2D eigenvalue weighted by atomic mass is 10.2. The minimum atomic E-state index is 0. The second-order valence-corrected chi connectivity index (χ2v) is 5.37. The minimum Gasteiger partial charge on any atom is -0.493 e. The normalized spacial score (nSPS) is 19.1. The Morgan fingerprint density at radius 2 is 2.17 bits per heavy atom. The van der Waals surface area contributed by atoms with Crippen LogP contribution in [-0.2, 0) is 6.54 Å². The molecule has 5 nitrogen and oxygen atoms in total. The molecule has 2 N–H and O–H groups in total. The van der Waals surface area contributed by atoms with Crippen LogP contribution >= 0.6 is 24.0 Å². The van der Waals surface area contributed by atoms with E-state index >= 15 is 0 Å². The molecule has 0 bridgehead atoms. The highest BCUT2D eigenvalue weighted by molar-refractivity contribution is 14.0. The zero-order valence-corrected chi connectivity index (χ0v) is 16.1. The molecular weight excluding hydrogens is 405 g/mol. The molecule has 0 radical (unpaired) electrons. The summed E-state index contributed by atoms with van der Waals surface area (Å²) in [4.78, 5) is 4.24. The molecule has 1 aromatic carbocycles. The number of hydrogen-bond acceptors (Lipinski definition) is 3. The van der Waals surface area contributed by atoms with Crippen LogP contribution < -0.4 is 20.1 Å². The quantitative estimate of drug-likeness (QED) is 0.316. The summed E-state index contributed by atoms with van der Waals surface area (Å²) < 4.78 is 10.8. The number of terminal acetylenes is 1. The highest BCUT2D eigenvalue weighted by atomic mass is 127. The standard InChI is InChI=1S/C17H23N3O2.HI/c1-5-8-22-16-10-13(6-7-15(16)21-4)11-19-17(18-3)20-14-9-12(14)2;/h1,6-7,10,12,14H,8-9,11H2,2-4H3,(H2,18,19,20);1H. The maximum atomic E-state index is 5.50. The van der Waals surface area contributed by atoms with Gasteiger partial charge in [-0.2, -0.15) is 0 Å². The second kappa shape index (κ2) is 9.50. The van der Waals surface area contributed by atoms with E-state index in [0.717, 1.165) is 17.4 Å². The first-order valence-corrected chi connectivity index (χ1v) is 7.38. The first-order valence-electron chi connectivity index (χ1n) is 7.38. The van der Waals surface area contributed by atoms with Gasteiger partial charge < -0.3 is 20.1 Å². The third-order valence-electron chi connectivity index (χ3n) is 3.65. The van der Waals surface area contributed by atoms with E-state index in [4.69, 9.17) is 15.9 Å². The van der Waals surface area contributed by atoms with Crippen molar-refractivity contribution in [3.63, 3.8) is 0 Å². The molecule has 1 aliphatic rings. The van der Waals surface area contributed by atoms with Crippen molar-refractivity contribution in [3.8, 4) is 23.8 Å². The average Bonchev–Trinajstić information content (AvgIpc) is 3.24. The number of hydrogen-bond donors (Lipinski definition) is 2. The van der Waals surface area contributed by atoms with E-state index in [9.17, 15) is 0 Å². The maximum absolute atomic E-state index is 5.50. The second-order valence-electron chi connectivity index (χ2n) is 5.37. The monoisotopic (exact) mass is 429 g/mol. The molecule has 126 valence electrons. The van der Waals surface area contributed by atoms with E-state index in [1.165, 1.54) is 6.42 Å². The van der Waals surface area contributed by atoms with Gasteiger partial charge in [0.25, 0.3) is 0 Å². The Bertz CT molecular complexity index is 584. The Labute approximate surface area is 155 Å². The molecule has 2 atom stereocenters. The van der Waals surface area contributed by atoms with Gasteiger partial charge in [0.2, 0.25) is 0 Å². The molecule has 1 aliphatic carbocycles. The van der Waals surface area contributed by atoms with Gasteiger partial charge in [-0.15, -0.1) is 30.4 Å². The Hall–Kier alpha value is -1.62. The summed E-state index contributed by atoms with van der Waals surface area (Å²) in [6.07, 6.45) is 6.44. The lowest BCUT2D eigenvalue weighted by Gasteiger charge is -2.13. The number of ether oxygens (including phenoxy) is 2. The van der Waals surface area contributed by atoms with Gasteiger partial charge in [0.05, 0.1) is 7.11 Å². The van der Waals surface area contributed by atoms with Crippen LogP contribution in [0.1, 0.15) is 18.9 Å². The summed E-state index contributed by atoms with van der Waals surface area (Å²) >= 11 is 0. The zero-order chi connectivity index (χ0) is 15.9. The van der Waals surface area contributed by atoms with Gasteiger partial charge in [-0.1, -0.05) is 18.9 Å². The van der Waals surface area contributed by atoms with Crippen LogP contribution in [-0.4, -0.2) is 32.8 Å². The van der Waals surface area contributed by atoms with E-state index < -0.39 is 0 Å². The summed E-state index contributed by atoms with van der Waals surface area (Å²) in [5, 5.41) is 6.69. The van der Waals surface area contributed by atoms with Gasteiger partial charge in [0.15, 0.2) is 17.5 Å². The van der Waals surface area contributed by atoms with Gasteiger partial charge in [0, 0.05) is 19.6 Å². The molecule has 23 heavy (non-hydrogen) atoms. The van der Waals surface area contributed by atoms with Crippen LogP contribution in [0.2, 0.25) is 0 Å². The van der Waals surface area contributed by atoms with Crippen molar-refractivity contribution in [3.05, 3.63) is 23.8 Å². The first kappa shape index (κ1) is 19.4. The number of halogens is 1. The number of benzene rings is 1. The average molecular weight is 429 g/mol.